The van der Waals surface area contributed by atoms with E-state index in [1.54, 1.807) is 24.5 Å². The number of hydrogen-bond donors (Lipinski definition) is 1. The van der Waals surface area contributed by atoms with Crippen LogP contribution in [0, 0.1) is 16.7 Å². The number of aromatic nitrogens is 2. The van der Waals surface area contributed by atoms with Gasteiger partial charge in [0, 0.05) is 24.6 Å². The summed E-state index contributed by atoms with van der Waals surface area (Å²) in [6.45, 7) is 0. The molecule has 0 saturated heterocycles. The zero-order valence-electron chi connectivity index (χ0n) is 15.8. The largest absolute Gasteiger partial charge is 0.473 e. The van der Waals surface area contributed by atoms with Crippen LogP contribution in [-0.4, -0.2) is 28.0 Å². The first kappa shape index (κ1) is 18.4. The molecule has 0 atom stereocenters. The highest BCUT2D eigenvalue weighted by Gasteiger charge is 2.50. The second-order valence-electron chi connectivity index (χ2n) is 7.85. The van der Waals surface area contributed by atoms with Crippen molar-refractivity contribution >= 4 is 5.91 Å². The Hall–Kier alpha value is -2.94. The standard InChI is InChI=1S/C22H24N4O2/c23-14-17-4-2-12-25-20(17)28-19-7-5-18(6-8-19)26-21(27)22(9-10-22)13-16-3-1-11-24-15-16/h1-4,11-12,15,18-19H,5-10,13H2,(H,26,27). The lowest BCUT2D eigenvalue weighted by atomic mass is 9.91. The number of rotatable bonds is 6. The maximum atomic E-state index is 12.8. The minimum atomic E-state index is -0.244. The van der Waals surface area contributed by atoms with Crippen molar-refractivity contribution < 1.29 is 9.53 Å². The highest BCUT2D eigenvalue weighted by Crippen LogP contribution is 2.48. The molecular weight excluding hydrogens is 352 g/mol. The molecule has 2 saturated carbocycles. The van der Waals surface area contributed by atoms with E-state index in [4.69, 9.17) is 10.00 Å². The smallest absolute Gasteiger partial charge is 0.231 e. The number of carbonyl (C=O) groups excluding carboxylic acids is 1. The first-order chi connectivity index (χ1) is 13.7. The fraction of sp³-hybridized carbons (Fsp3) is 0.455. The molecular formula is C22H24N4O2. The van der Waals surface area contributed by atoms with Crippen LogP contribution in [0.15, 0.2) is 42.9 Å². The van der Waals surface area contributed by atoms with Gasteiger partial charge in [-0.15, -0.1) is 0 Å². The summed E-state index contributed by atoms with van der Waals surface area (Å²) in [5.74, 6) is 0.586. The van der Waals surface area contributed by atoms with Crippen molar-refractivity contribution in [1.29, 1.82) is 5.26 Å². The molecule has 0 radical (unpaired) electrons. The number of hydrogen-bond acceptors (Lipinski definition) is 5. The van der Waals surface area contributed by atoms with Crippen LogP contribution in [-0.2, 0) is 11.2 Å². The van der Waals surface area contributed by atoms with Gasteiger partial charge in [0.05, 0.1) is 5.41 Å². The first-order valence-electron chi connectivity index (χ1n) is 9.90. The Bertz CT molecular complexity index is 866. The quantitative estimate of drug-likeness (QED) is 0.836. The molecule has 4 rings (SSSR count). The van der Waals surface area contributed by atoms with Gasteiger partial charge in [-0.2, -0.15) is 5.26 Å². The van der Waals surface area contributed by atoms with Gasteiger partial charge >= 0.3 is 0 Å². The van der Waals surface area contributed by atoms with Crippen molar-refractivity contribution in [2.24, 2.45) is 5.41 Å². The van der Waals surface area contributed by atoms with Gasteiger partial charge in [-0.25, -0.2) is 4.98 Å². The van der Waals surface area contributed by atoms with Crippen LogP contribution in [0.4, 0.5) is 0 Å². The number of nitrogens with one attached hydrogen (secondary N) is 1. The topological polar surface area (TPSA) is 87.9 Å². The van der Waals surface area contributed by atoms with Crippen LogP contribution in [0.1, 0.15) is 49.7 Å². The molecule has 0 aromatic carbocycles. The Morgan fingerprint density at radius 3 is 2.68 bits per heavy atom. The average molecular weight is 376 g/mol. The fourth-order valence-electron chi connectivity index (χ4n) is 3.92. The normalized spacial score (nSPS) is 22.7. The molecule has 2 aromatic heterocycles. The summed E-state index contributed by atoms with van der Waals surface area (Å²) in [7, 11) is 0. The van der Waals surface area contributed by atoms with Gasteiger partial charge in [-0.3, -0.25) is 9.78 Å². The predicted molar refractivity (Wildman–Crippen MR) is 103 cm³/mol. The van der Waals surface area contributed by atoms with Gasteiger partial charge in [-0.05, 0) is 68.7 Å². The highest BCUT2D eigenvalue weighted by atomic mass is 16.5. The van der Waals surface area contributed by atoms with Crippen LogP contribution in [0.3, 0.4) is 0 Å². The molecule has 28 heavy (non-hydrogen) atoms. The van der Waals surface area contributed by atoms with Crippen LogP contribution < -0.4 is 10.1 Å². The van der Waals surface area contributed by atoms with E-state index in [2.05, 4.69) is 21.4 Å². The first-order valence-corrected chi connectivity index (χ1v) is 9.90. The summed E-state index contributed by atoms with van der Waals surface area (Å²) in [6, 6.07) is 9.71. The molecule has 2 fully saturated rings. The van der Waals surface area contributed by atoms with Crippen LogP contribution >= 0.6 is 0 Å². The summed E-state index contributed by atoms with van der Waals surface area (Å²) >= 11 is 0. The SMILES string of the molecule is N#Cc1cccnc1OC1CCC(NC(=O)C2(Cc3cccnc3)CC2)CC1. The van der Waals surface area contributed by atoms with E-state index in [9.17, 15) is 4.79 Å². The average Bonchev–Trinajstić information content (AvgIpc) is 3.51. The van der Waals surface area contributed by atoms with Crippen molar-refractivity contribution in [3.63, 3.8) is 0 Å². The van der Waals surface area contributed by atoms with Gasteiger partial charge in [0.15, 0.2) is 0 Å². The molecule has 2 heterocycles. The molecule has 0 aliphatic heterocycles. The van der Waals surface area contributed by atoms with E-state index < -0.39 is 0 Å². The number of pyridine rings is 2. The molecule has 0 unspecified atom stereocenters. The second-order valence-corrected chi connectivity index (χ2v) is 7.85. The lowest BCUT2D eigenvalue weighted by molar-refractivity contribution is -0.127. The third-order valence-corrected chi connectivity index (χ3v) is 5.78. The maximum Gasteiger partial charge on any atom is 0.231 e. The van der Waals surface area contributed by atoms with Crippen molar-refractivity contribution in [3.8, 4) is 11.9 Å². The van der Waals surface area contributed by atoms with Gasteiger partial charge in [0.2, 0.25) is 11.8 Å². The van der Waals surface area contributed by atoms with E-state index in [-0.39, 0.29) is 23.5 Å². The van der Waals surface area contributed by atoms with Crippen molar-refractivity contribution in [1.82, 2.24) is 15.3 Å². The summed E-state index contributed by atoms with van der Waals surface area (Å²) in [5, 5.41) is 12.4. The Morgan fingerprint density at radius 2 is 2.00 bits per heavy atom. The molecule has 6 heteroatoms. The van der Waals surface area contributed by atoms with Gasteiger partial charge in [0.25, 0.3) is 0 Å². The van der Waals surface area contributed by atoms with Crippen molar-refractivity contribution in [3.05, 3.63) is 54.0 Å². The van der Waals surface area contributed by atoms with Crippen molar-refractivity contribution in [2.45, 2.75) is 57.1 Å². The minimum absolute atomic E-state index is 0.0421. The number of nitrogens with zero attached hydrogens (tertiary/aromatic N) is 3. The fourth-order valence-corrected chi connectivity index (χ4v) is 3.92. The van der Waals surface area contributed by atoms with E-state index in [0.29, 0.717) is 11.4 Å². The Labute approximate surface area is 165 Å². The molecule has 1 amide bonds. The van der Waals surface area contributed by atoms with E-state index in [0.717, 1.165) is 50.5 Å². The second kappa shape index (κ2) is 7.97. The Morgan fingerprint density at radius 1 is 1.21 bits per heavy atom. The summed E-state index contributed by atoms with van der Waals surface area (Å²) in [4.78, 5) is 21.2. The summed E-state index contributed by atoms with van der Waals surface area (Å²) in [6.07, 6.45) is 11.4. The molecule has 1 N–H and O–H groups in total. The highest BCUT2D eigenvalue weighted by molar-refractivity contribution is 5.85. The molecule has 2 aliphatic carbocycles. The molecule has 144 valence electrons. The number of ether oxygens (including phenoxy) is 1. The summed E-state index contributed by atoms with van der Waals surface area (Å²) in [5.41, 5.74) is 1.34. The maximum absolute atomic E-state index is 12.8. The number of nitriles is 1. The molecule has 6 nitrogen and oxygen atoms in total. The number of carbonyl (C=O) groups is 1. The zero-order chi connectivity index (χ0) is 19.4. The molecule has 2 aromatic rings. The summed E-state index contributed by atoms with van der Waals surface area (Å²) < 4.78 is 5.94. The van der Waals surface area contributed by atoms with Crippen LogP contribution in [0.5, 0.6) is 5.88 Å². The van der Waals surface area contributed by atoms with E-state index in [1.807, 2.05) is 18.3 Å². The third kappa shape index (κ3) is 4.14. The lowest BCUT2D eigenvalue weighted by Crippen LogP contribution is -2.43. The van der Waals surface area contributed by atoms with E-state index >= 15 is 0 Å². The van der Waals surface area contributed by atoms with Crippen molar-refractivity contribution in [2.75, 3.05) is 0 Å². The Balaban J connectivity index is 1.28. The lowest BCUT2D eigenvalue weighted by Gasteiger charge is -2.30. The minimum Gasteiger partial charge on any atom is -0.473 e. The van der Waals surface area contributed by atoms with Crippen LogP contribution in [0.25, 0.3) is 0 Å². The van der Waals surface area contributed by atoms with E-state index in [1.165, 1.54) is 0 Å². The molecule has 0 bridgehead atoms. The Kier molecular flexibility index (Phi) is 5.25. The monoisotopic (exact) mass is 376 g/mol. The predicted octanol–water partition coefficient (Wildman–Crippen LogP) is 3.18. The zero-order valence-corrected chi connectivity index (χ0v) is 15.8. The third-order valence-electron chi connectivity index (χ3n) is 5.78. The molecule has 2 aliphatic rings. The number of amides is 1. The van der Waals surface area contributed by atoms with Crippen LogP contribution in [0.2, 0.25) is 0 Å². The van der Waals surface area contributed by atoms with Gasteiger partial charge in [0.1, 0.15) is 17.7 Å². The van der Waals surface area contributed by atoms with Gasteiger partial charge < -0.3 is 10.1 Å². The molecule has 0 spiro atoms. The van der Waals surface area contributed by atoms with Gasteiger partial charge in [-0.1, -0.05) is 6.07 Å².